The van der Waals surface area contributed by atoms with Crippen molar-refractivity contribution >= 4 is 22.6 Å². The first-order valence-corrected chi connectivity index (χ1v) is 6.97. The number of rotatable bonds is 1. The molecule has 1 spiro atoms. The van der Waals surface area contributed by atoms with E-state index in [0.29, 0.717) is 0 Å². The van der Waals surface area contributed by atoms with Crippen LogP contribution in [0.2, 0.25) is 0 Å². The van der Waals surface area contributed by atoms with Gasteiger partial charge in [0, 0.05) is 24.7 Å². The Morgan fingerprint density at radius 2 is 1.94 bits per heavy atom. The van der Waals surface area contributed by atoms with Crippen LogP contribution in [0.5, 0.6) is 0 Å². The van der Waals surface area contributed by atoms with Crippen molar-refractivity contribution in [1.29, 1.82) is 0 Å². The molecule has 1 aromatic carbocycles. The first-order valence-electron chi connectivity index (χ1n) is 5.99. The molecule has 0 unspecified atom stereocenters. The molecule has 2 aliphatic heterocycles. The number of aliphatic imine (C=N–C) groups is 1. The summed E-state index contributed by atoms with van der Waals surface area (Å²) in [6.07, 6.45) is 2.11. The normalized spacial score (nSPS) is 22.5. The molecule has 0 amide bonds. The zero-order valence-corrected chi connectivity index (χ0v) is 10.5. The predicted octanol–water partition coefficient (Wildman–Crippen LogP) is 2.75. The topological polar surface area (TPSA) is 33.6 Å². The van der Waals surface area contributed by atoms with Gasteiger partial charge in [-0.2, -0.15) is 0 Å². The van der Waals surface area contributed by atoms with Crippen LogP contribution in [0.4, 0.5) is 5.69 Å². The second-order valence-electron chi connectivity index (χ2n) is 4.53. The summed E-state index contributed by atoms with van der Waals surface area (Å²) in [5, 5.41) is 4.44. The number of nitrogens with zero attached hydrogens (tertiary/aromatic N) is 1. The molecule has 2 heterocycles. The van der Waals surface area contributed by atoms with E-state index in [1.54, 1.807) is 0 Å². The number of hydrogen-bond acceptors (Lipinski definition) is 4. The Morgan fingerprint density at radius 3 is 2.71 bits per heavy atom. The quantitative estimate of drug-likeness (QED) is 0.829. The Hall–Kier alpha value is -1.00. The Morgan fingerprint density at radius 1 is 1.18 bits per heavy atom. The molecule has 1 saturated heterocycles. The first-order chi connectivity index (χ1) is 8.36. The Labute approximate surface area is 106 Å². The summed E-state index contributed by atoms with van der Waals surface area (Å²) < 4.78 is 5.41. The van der Waals surface area contributed by atoms with Gasteiger partial charge in [0.1, 0.15) is 0 Å². The summed E-state index contributed by atoms with van der Waals surface area (Å²) in [6, 6.07) is 10.2. The minimum Gasteiger partial charge on any atom is -0.381 e. The minimum atomic E-state index is 0.139. The van der Waals surface area contributed by atoms with Crippen LogP contribution in [0.25, 0.3) is 0 Å². The molecule has 0 aliphatic carbocycles. The fraction of sp³-hybridized carbons (Fsp3) is 0.462. The number of anilines is 1. The van der Waals surface area contributed by atoms with E-state index in [2.05, 4.69) is 17.4 Å². The van der Waals surface area contributed by atoms with E-state index < -0.39 is 0 Å². The highest BCUT2D eigenvalue weighted by Crippen LogP contribution is 2.36. The Balaban J connectivity index is 1.71. The van der Waals surface area contributed by atoms with Crippen LogP contribution in [0.15, 0.2) is 35.3 Å². The molecule has 0 radical (unpaired) electrons. The molecule has 0 saturated carbocycles. The number of thioether (sulfide) groups is 1. The molecular weight excluding hydrogens is 232 g/mol. The standard InChI is InChI=1S/C13H16N2OS/c1-2-4-11(5-3-1)14-12-15-13(10-17-12)6-8-16-9-7-13/h1-5H,6-10H2,(H,14,15). The van der Waals surface area contributed by atoms with Crippen LogP contribution < -0.4 is 5.32 Å². The molecule has 4 heteroatoms. The molecule has 1 fully saturated rings. The second-order valence-corrected chi connectivity index (χ2v) is 5.50. The molecule has 0 aromatic heterocycles. The van der Waals surface area contributed by atoms with Crippen LogP contribution in [0.1, 0.15) is 12.8 Å². The fourth-order valence-corrected chi connectivity index (χ4v) is 3.41. The number of hydrogen-bond donors (Lipinski definition) is 1. The molecule has 3 nitrogen and oxygen atoms in total. The third kappa shape index (κ3) is 2.48. The van der Waals surface area contributed by atoms with Gasteiger partial charge in [0.25, 0.3) is 0 Å². The maximum atomic E-state index is 5.41. The van der Waals surface area contributed by atoms with Crippen LogP contribution in [0, 0.1) is 0 Å². The Kier molecular flexibility index (Phi) is 3.07. The van der Waals surface area contributed by atoms with Crippen LogP contribution >= 0.6 is 11.8 Å². The second kappa shape index (κ2) is 4.70. The lowest BCUT2D eigenvalue weighted by atomic mass is 9.93. The third-order valence-corrected chi connectivity index (χ3v) is 4.41. The predicted molar refractivity (Wildman–Crippen MR) is 72.7 cm³/mol. The number of amidine groups is 1. The van der Waals surface area contributed by atoms with E-state index in [0.717, 1.165) is 42.7 Å². The highest BCUT2D eigenvalue weighted by Gasteiger charge is 2.37. The molecule has 0 bridgehead atoms. The van der Waals surface area contributed by atoms with Crippen molar-refractivity contribution in [2.24, 2.45) is 4.99 Å². The summed E-state index contributed by atoms with van der Waals surface area (Å²) in [5.74, 6) is 1.09. The lowest BCUT2D eigenvalue weighted by Gasteiger charge is -2.29. The monoisotopic (exact) mass is 248 g/mol. The lowest BCUT2D eigenvalue weighted by molar-refractivity contribution is 0.0624. The average molecular weight is 248 g/mol. The van der Waals surface area contributed by atoms with Crippen LogP contribution in [-0.4, -0.2) is 29.7 Å². The van der Waals surface area contributed by atoms with Gasteiger partial charge in [-0.15, -0.1) is 0 Å². The number of nitrogens with one attached hydrogen (secondary N) is 1. The molecule has 3 rings (SSSR count). The van der Waals surface area contributed by atoms with Gasteiger partial charge in [0.2, 0.25) is 0 Å². The average Bonchev–Trinajstić information content (AvgIpc) is 2.74. The van der Waals surface area contributed by atoms with E-state index in [9.17, 15) is 0 Å². The molecule has 2 aliphatic rings. The van der Waals surface area contributed by atoms with Crippen molar-refractivity contribution in [2.75, 3.05) is 24.3 Å². The number of benzene rings is 1. The molecule has 1 N–H and O–H groups in total. The van der Waals surface area contributed by atoms with Gasteiger partial charge < -0.3 is 10.1 Å². The largest absolute Gasteiger partial charge is 0.381 e. The van der Waals surface area contributed by atoms with Gasteiger partial charge in [0.05, 0.1) is 5.54 Å². The van der Waals surface area contributed by atoms with Gasteiger partial charge in [-0.25, -0.2) is 0 Å². The van der Waals surface area contributed by atoms with E-state index in [4.69, 9.17) is 9.73 Å². The summed E-state index contributed by atoms with van der Waals surface area (Å²) in [7, 11) is 0. The number of para-hydroxylation sites is 1. The Bertz CT molecular complexity index is 413. The van der Waals surface area contributed by atoms with Crippen molar-refractivity contribution in [3.63, 3.8) is 0 Å². The molecule has 90 valence electrons. The van der Waals surface area contributed by atoms with Crippen molar-refractivity contribution < 1.29 is 4.74 Å². The van der Waals surface area contributed by atoms with Crippen molar-refractivity contribution in [3.8, 4) is 0 Å². The third-order valence-electron chi connectivity index (χ3n) is 3.26. The maximum absolute atomic E-state index is 5.41. The summed E-state index contributed by atoms with van der Waals surface area (Å²) in [4.78, 5) is 4.86. The minimum absolute atomic E-state index is 0.139. The van der Waals surface area contributed by atoms with Gasteiger partial charge in [-0.1, -0.05) is 30.0 Å². The lowest BCUT2D eigenvalue weighted by Crippen LogP contribution is -2.34. The van der Waals surface area contributed by atoms with Gasteiger partial charge in [0.15, 0.2) is 5.17 Å². The zero-order chi connectivity index (χ0) is 11.6. The summed E-state index contributed by atoms with van der Waals surface area (Å²) in [5.41, 5.74) is 1.25. The highest BCUT2D eigenvalue weighted by molar-refractivity contribution is 8.14. The molecule has 1 aromatic rings. The fourth-order valence-electron chi connectivity index (χ4n) is 2.20. The van der Waals surface area contributed by atoms with E-state index >= 15 is 0 Å². The zero-order valence-electron chi connectivity index (χ0n) is 9.69. The maximum Gasteiger partial charge on any atom is 0.161 e. The van der Waals surface area contributed by atoms with Crippen molar-refractivity contribution in [1.82, 2.24) is 0 Å². The first kappa shape index (κ1) is 11.1. The van der Waals surface area contributed by atoms with Crippen LogP contribution in [0.3, 0.4) is 0 Å². The smallest absolute Gasteiger partial charge is 0.161 e. The molecule has 17 heavy (non-hydrogen) atoms. The van der Waals surface area contributed by atoms with Gasteiger partial charge in [-0.3, -0.25) is 4.99 Å². The van der Waals surface area contributed by atoms with Gasteiger partial charge in [-0.05, 0) is 25.0 Å². The van der Waals surface area contributed by atoms with Crippen molar-refractivity contribution in [2.45, 2.75) is 18.4 Å². The summed E-state index contributed by atoms with van der Waals surface area (Å²) in [6.45, 7) is 1.70. The highest BCUT2D eigenvalue weighted by atomic mass is 32.2. The van der Waals surface area contributed by atoms with E-state index in [1.807, 2.05) is 30.0 Å². The molecular formula is C13H16N2OS. The van der Waals surface area contributed by atoms with Gasteiger partial charge >= 0.3 is 0 Å². The van der Waals surface area contributed by atoms with Crippen LogP contribution in [-0.2, 0) is 4.74 Å². The van der Waals surface area contributed by atoms with E-state index in [1.165, 1.54) is 0 Å². The SMILES string of the molecule is c1ccc(NC2=NC3(CCOCC3)CS2)cc1. The molecule has 0 atom stereocenters. The number of ether oxygens (including phenoxy) is 1. The summed E-state index contributed by atoms with van der Waals surface area (Å²) >= 11 is 1.83. The van der Waals surface area contributed by atoms with E-state index in [-0.39, 0.29) is 5.54 Å². The van der Waals surface area contributed by atoms with Crippen molar-refractivity contribution in [3.05, 3.63) is 30.3 Å².